The summed E-state index contributed by atoms with van der Waals surface area (Å²) in [4.78, 5) is 36.2. The van der Waals surface area contributed by atoms with E-state index in [0.29, 0.717) is 17.0 Å². The molecule has 0 unspecified atom stereocenters. The van der Waals surface area contributed by atoms with Gasteiger partial charge in [0, 0.05) is 0 Å². The van der Waals surface area contributed by atoms with Crippen molar-refractivity contribution in [1.29, 1.82) is 0 Å². The summed E-state index contributed by atoms with van der Waals surface area (Å²) in [6.07, 6.45) is 1.43. The van der Waals surface area contributed by atoms with Crippen molar-refractivity contribution >= 4 is 41.1 Å². The predicted molar refractivity (Wildman–Crippen MR) is 126 cm³/mol. The van der Waals surface area contributed by atoms with Crippen LogP contribution in [0.2, 0.25) is 5.02 Å². The average Bonchev–Trinajstić information content (AvgIpc) is 3.12. The van der Waals surface area contributed by atoms with Gasteiger partial charge in [-0.15, -0.1) is 0 Å². The molecular formula is C25H19ClN2O6. The number of hydrazine groups is 1. The lowest BCUT2D eigenvalue weighted by atomic mass is 10.1. The number of benzene rings is 3. The van der Waals surface area contributed by atoms with Crippen molar-refractivity contribution in [3.63, 3.8) is 0 Å². The van der Waals surface area contributed by atoms with Crippen LogP contribution < -0.4 is 19.9 Å². The van der Waals surface area contributed by atoms with Gasteiger partial charge in [-0.25, -0.2) is 9.80 Å². The number of carbonyl (C=O) groups excluding carboxylic acids is 2. The zero-order valence-corrected chi connectivity index (χ0v) is 18.7. The summed E-state index contributed by atoms with van der Waals surface area (Å²) in [6, 6.07) is 18.2. The summed E-state index contributed by atoms with van der Waals surface area (Å²) in [5, 5.41) is 10.4. The standard InChI is InChI=1S/C25H19ClN2O6/c1-33-21-13-16(11-19-23(29)27-28(24(19)30)18-5-3-2-4-6-18)12-20(26)22(21)34-14-15-7-9-17(10-8-15)25(31)32/h2-13H,14H2,1H3,(H,27,29)(H,31,32)/b19-11-. The highest BCUT2D eigenvalue weighted by Crippen LogP contribution is 2.38. The van der Waals surface area contributed by atoms with E-state index < -0.39 is 17.8 Å². The number of ether oxygens (including phenoxy) is 2. The molecule has 1 aliphatic rings. The number of anilines is 1. The van der Waals surface area contributed by atoms with Gasteiger partial charge in [0.2, 0.25) is 0 Å². The van der Waals surface area contributed by atoms with Crippen LogP contribution in [0.3, 0.4) is 0 Å². The first kappa shape index (κ1) is 22.9. The third-order valence-electron chi connectivity index (χ3n) is 5.05. The molecule has 0 radical (unpaired) electrons. The summed E-state index contributed by atoms with van der Waals surface area (Å²) in [5.41, 5.74) is 4.43. The maximum Gasteiger partial charge on any atom is 0.335 e. The number of hydrogen-bond donors (Lipinski definition) is 2. The van der Waals surface area contributed by atoms with E-state index in [1.807, 2.05) is 6.07 Å². The minimum absolute atomic E-state index is 0.0471. The molecule has 2 amide bonds. The summed E-state index contributed by atoms with van der Waals surface area (Å²) in [7, 11) is 1.45. The van der Waals surface area contributed by atoms with Crippen LogP contribution in [0.25, 0.3) is 6.08 Å². The number of methoxy groups -OCH3 is 1. The van der Waals surface area contributed by atoms with Crippen LogP contribution in [0.5, 0.6) is 11.5 Å². The molecule has 172 valence electrons. The second kappa shape index (κ2) is 9.68. The van der Waals surface area contributed by atoms with Gasteiger partial charge in [0.25, 0.3) is 11.8 Å². The Morgan fingerprint density at radius 3 is 2.44 bits per heavy atom. The third kappa shape index (κ3) is 4.72. The molecule has 1 aliphatic heterocycles. The summed E-state index contributed by atoms with van der Waals surface area (Å²) in [5.74, 6) is -1.44. The van der Waals surface area contributed by atoms with Crippen LogP contribution in [0.15, 0.2) is 72.3 Å². The van der Waals surface area contributed by atoms with E-state index in [1.54, 1.807) is 48.5 Å². The summed E-state index contributed by atoms with van der Waals surface area (Å²) in [6.45, 7) is 0.128. The van der Waals surface area contributed by atoms with Crippen LogP contribution >= 0.6 is 11.6 Å². The minimum atomic E-state index is -1.01. The molecule has 1 heterocycles. The quantitative estimate of drug-likeness (QED) is 0.391. The molecule has 0 atom stereocenters. The van der Waals surface area contributed by atoms with Gasteiger partial charge in [-0.2, -0.15) is 0 Å². The number of halogens is 1. The topological polar surface area (TPSA) is 105 Å². The molecule has 0 bridgehead atoms. The molecule has 1 saturated heterocycles. The fraction of sp³-hybridized carbons (Fsp3) is 0.0800. The highest BCUT2D eigenvalue weighted by molar-refractivity contribution is 6.33. The maximum absolute atomic E-state index is 12.8. The Morgan fingerprint density at radius 2 is 1.79 bits per heavy atom. The van der Waals surface area contributed by atoms with Crippen LogP contribution in [0.1, 0.15) is 21.5 Å². The molecule has 3 aromatic rings. The van der Waals surface area contributed by atoms with Gasteiger partial charge in [-0.3, -0.25) is 15.0 Å². The monoisotopic (exact) mass is 478 g/mol. The summed E-state index contributed by atoms with van der Waals surface area (Å²) < 4.78 is 11.2. The van der Waals surface area contributed by atoms with Gasteiger partial charge < -0.3 is 14.6 Å². The lowest BCUT2D eigenvalue weighted by Gasteiger charge is -2.14. The smallest absolute Gasteiger partial charge is 0.335 e. The predicted octanol–water partition coefficient (Wildman–Crippen LogP) is 4.09. The first-order chi connectivity index (χ1) is 16.4. The third-order valence-corrected chi connectivity index (χ3v) is 5.33. The van der Waals surface area contributed by atoms with Crippen molar-refractivity contribution in [3.05, 3.63) is 94.0 Å². The van der Waals surface area contributed by atoms with Gasteiger partial charge in [-0.05, 0) is 53.6 Å². The van der Waals surface area contributed by atoms with Crippen LogP contribution in [-0.4, -0.2) is 30.0 Å². The highest BCUT2D eigenvalue weighted by atomic mass is 35.5. The van der Waals surface area contributed by atoms with Crippen molar-refractivity contribution in [1.82, 2.24) is 5.43 Å². The number of hydrogen-bond acceptors (Lipinski definition) is 5. The van der Waals surface area contributed by atoms with Gasteiger partial charge >= 0.3 is 5.97 Å². The Morgan fingerprint density at radius 1 is 1.09 bits per heavy atom. The van der Waals surface area contributed by atoms with E-state index in [4.69, 9.17) is 26.2 Å². The van der Waals surface area contributed by atoms with Crippen molar-refractivity contribution in [2.45, 2.75) is 6.61 Å². The Balaban J connectivity index is 1.55. The largest absolute Gasteiger partial charge is 0.493 e. The number of para-hydroxylation sites is 1. The fourth-order valence-corrected chi connectivity index (χ4v) is 3.62. The number of carboxylic acids is 1. The van der Waals surface area contributed by atoms with Crippen LogP contribution in [0.4, 0.5) is 5.69 Å². The van der Waals surface area contributed by atoms with Gasteiger partial charge in [0.1, 0.15) is 12.2 Å². The molecule has 8 nitrogen and oxygen atoms in total. The van der Waals surface area contributed by atoms with E-state index >= 15 is 0 Å². The number of aromatic carboxylic acids is 1. The molecule has 0 saturated carbocycles. The normalized spacial score (nSPS) is 14.3. The van der Waals surface area contributed by atoms with Crippen molar-refractivity contribution in [2.24, 2.45) is 0 Å². The second-order valence-electron chi connectivity index (χ2n) is 7.30. The van der Waals surface area contributed by atoms with Gasteiger partial charge in [0.15, 0.2) is 11.5 Å². The molecule has 4 rings (SSSR count). The number of amides is 2. The van der Waals surface area contributed by atoms with Gasteiger partial charge in [0.05, 0.1) is 23.4 Å². The van der Waals surface area contributed by atoms with Crippen LogP contribution in [-0.2, 0) is 16.2 Å². The lowest BCUT2D eigenvalue weighted by Crippen LogP contribution is -2.35. The number of nitrogens with zero attached hydrogens (tertiary/aromatic N) is 1. The molecule has 3 aromatic carbocycles. The van der Waals surface area contributed by atoms with Gasteiger partial charge in [-0.1, -0.05) is 41.9 Å². The maximum atomic E-state index is 12.8. The summed E-state index contributed by atoms with van der Waals surface area (Å²) >= 11 is 6.42. The SMILES string of the molecule is COc1cc(/C=C2/C(=O)NN(c3ccccc3)C2=O)cc(Cl)c1OCc1ccc(C(=O)O)cc1. The molecule has 0 aliphatic carbocycles. The second-order valence-corrected chi connectivity index (χ2v) is 7.71. The Labute approximate surface area is 199 Å². The van der Waals surface area contributed by atoms with Crippen LogP contribution in [0, 0.1) is 0 Å². The van der Waals surface area contributed by atoms with Crippen molar-refractivity contribution in [2.75, 3.05) is 12.1 Å². The molecule has 2 N–H and O–H groups in total. The Bertz CT molecular complexity index is 1290. The minimum Gasteiger partial charge on any atom is -0.493 e. The van der Waals surface area contributed by atoms with E-state index in [9.17, 15) is 14.4 Å². The molecule has 9 heteroatoms. The molecule has 34 heavy (non-hydrogen) atoms. The Kier molecular flexibility index (Phi) is 6.51. The zero-order valence-electron chi connectivity index (χ0n) is 17.9. The number of carbonyl (C=O) groups is 3. The molecule has 0 spiro atoms. The first-order valence-corrected chi connectivity index (χ1v) is 10.5. The zero-order chi connectivity index (χ0) is 24.2. The first-order valence-electron chi connectivity index (χ1n) is 10.1. The molecule has 1 fully saturated rings. The van der Waals surface area contributed by atoms with E-state index in [0.717, 1.165) is 5.56 Å². The van der Waals surface area contributed by atoms with Crippen molar-refractivity contribution in [3.8, 4) is 11.5 Å². The van der Waals surface area contributed by atoms with E-state index in [-0.39, 0.29) is 28.5 Å². The molecule has 0 aromatic heterocycles. The fourth-order valence-electron chi connectivity index (χ4n) is 3.35. The van der Waals surface area contributed by atoms with Crippen molar-refractivity contribution < 1.29 is 29.0 Å². The lowest BCUT2D eigenvalue weighted by molar-refractivity contribution is -0.117. The molecular weight excluding hydrogens is 460 g/mol. The number of nitrogens with one attached hydrogen (secondary N) is 1. The van der Waals surface area contributed by atoms with E-state index in [1.165, 1.54) is 30.3 Å². The van der Waals surface area contributed by atoms with E-state index in [2.05, 4.69) is 5.43 Å². The number of carboxylic acid groups (broad SMARTS) is 1. The highest BCUT2D eigenvalue weighted by Gasteiger charge is 2.34. The number of rotatable bonds is 7. The average molecular weight is 479 g/mol. The Hall–Kier alpha value is -4.30.